The van der Waals surface area contributed by atoms with Crippen molar-refractivity contribution in [3.63, 3.8) is 0 Å². The SMILES string of the molecule is COCCOCCOCc1cc([N+](=O)[O-])ccc1NN. The van der Waals surface area contributed by atoms with Gasteiger partial charge in [-0.25, -0.2) is 0 Å². The van der Waals surface area contributed by atoms with Gasteiger partial charge < -0.3 is 19.6 Å². The second kappa shape index (κ2) is 9.21. The molecular formula is C12H19N3O5. The number of rotatable bonds is 10. The maximum atomic E-state index is 10.7. The molecule has 0 aliphatic rings. The lowest BCUT2D eigenvalue weighted by Gasteiger charge is -2.09. The second-order valence-corrected chi connectivity index (χ2v) is 3.90. The summed E-state index contributed by atoms with van der Waals surface area (Å²) < 4.78 is 15.5. The van der Waals surface area contributed by atoms with Gasteiger partial charge in [-0.3, -0.25) is 16.0 Å². The third kappa shape index (κ3) is 5.49. The number of ether oxygens (including phenoxy) is 3. The van der Waals surface area contributed by atoms with Crippen LogP contribution in [0.2, 0.25) is 0 Å². The van der Waals surface area contributed by atoms with Crippen molar-refractivity contribution in [3.05, 3.63) is 33.9 Å². The van der Waals surface area contributed by atoms with Crippen LogP contribution < -0.4 is 11.3 Å². The van der Waals surface area contributed by atoms with E-state index < -0.39 is 4.92 Å². The monoisotopic (exact) mass is 285 g/mol. The first-order valence-corrected chi connectivity index (χ1v) is 6.07. The Kier molecular flexibility index (Phi) is 7.51. The van der Waals surface area contributed by atoms with Crippen LogP contribution in [-0.2, 0) is 20.8 Å². The smallest absolute Gasteiger partial charge is 0.269 e. The number of hydrogen-bond acceptors (Lipinski definition) is 7. The zero-order valence-electron chi connectivity index (χ0n) is 11.3. The van der Waals surface area contributed by atoms with Gasteiger partial charge >= 0.3 is 0 Å². The van der Waals surface area contributed by atoms with Crippen molar-refractivity contribution in [3.8, 4) is 0 Å². The molecule has 0 saturated heterocycles. The molecule has 0 saturated carbocycles. The minimum absolute atomic E-state index is 0.000977. The first kappa shape index (κ1) is 16.3. The molecule has 0 aliphatic carbocycles. The highest BCUT2D eigenvalue weighted by Gasteiger charge is 2.10. The molecule has 0 unspecified atom stereocenters. The quantitative estimate of drug-likeness (QED) is 0.286. The van der Waals surface area contributed by atoms with E-state index in [1.54, 1.807) is 13.2 Å². The summed E-state index contributed by atoms with van der Waals surface area (Å²) >= 11 is 0. The van der Waals surface area contributed by atoms with Crippen LogP contribution >= 0.6 is 0 Å². The average molecular weight is 285 g/mol. The molecule has 0 aliphatic heterocycles. The predicted molar refractivity (Wildman–Crippen MR) is 73.3 cm³/mol. The number of non-ortho nitro benzene ring substituents is 1. The summed E-state index contributed by atoms with van der Waals surface area (Å²) in [5.41, 5.74) is 3.70. The fraction of sp³-hybridized carbons (Fsp3) is 0.500. The van der Waals surface area contributed by atoms with E-state index in [0.717, 1.165) is 0 Å². The standard InChI is InChI=1S/C12H19N3O5/c1-18-4-5-19-6-7-20-9-10-8-11(15(16)17)2-3-12(10)14-13/h2-3,8,14H,4-7,9,13H2,1H3. The molecule has 0 atom stereocenters. The molecule has 20 heavy (non-hydrogen) atoms. The molecule has 0 spiro atoms. The molecule has 0 heterocycles. The van der Waals surface area contributed by atoms with Gasteiger partial charge in [-0.05, 0) is 6.07 Å². The zero-order chi connectivity index (χ0) is 14.8. The summed E-state index contributed by atoms with van der Waals surface area (Å²) in [6, 6.07) is 4.36. The van der Waals surface area contributed by atoms with Gasteiger partial charge in [0.2, 0.25) is 0 Å². The minimum Gasteiger partial charge on any atom is -0.382 e. The molecule has 112 valence electrons. The van der Waals surface area contributed by atoms with Crippen molar-refractivity contribution in [2.75, 3.05) is 39.0 Å². The molecule has 0 aromatic heterocycles. The van der Waals surface area contributed by atoms with Crippen LogP contribution in [0.4, 0.5) is 11.4 Å². The summed E-state index contributed by atoms with van der Waals surface area (Å²) in [7, 11) is 1.60. The van der Waals surface area contributed by atoms with Crippen molar-refractivity contribution >= 4 is 11.4 Å². The van der Waals surface area contributed by atoms with Crippen molar-refractivity contribution in [1.82, 2.24) is 0 Å². The van der Waals surface area contributed by atoms with E-state index in [9.17, 15) is 10.1 Å². The van der Waals surface area contributed by atoms with Gasteiger partial charge in [0, 0.05) is 24.8 Å². The molecule has 0 radical (unpaired) electrons. The topological polar surface area (TPSA) is 109 Å². The van der Waals surface area contributed by atoms with Crippen LogP contribution in [0.3, 0.4) is 0 Å². The van der Waals surface area contributed by atoms with Gasteiger partial charge in [0.25, 0.3) is 5.69 Å². The van der Waals surface area contributed by atoms with E-state index in [1.807, 2.05) is 0 Å². The normalized spacial score (nSPS) is 10.5. The predicted octanol–water partition coefficient (Wildman–Crippen LogP) is 1.06. The first-order valence-electron chi connectivity index (χ1n) is 6.07. The first-order chi connectivity index (χ1) is 9.69. The molecule has 0 fully saturated rings. The number of benzene rings is 1. The highest BCUT2D eigenvalue weighted by molar-refractivity contribution is 5.55. The van der Waals surface area contributed by atoms with Crippen LogP contribution in [0.15, 0.2) is 18.2 Å². The Morgan fingerprint density at radius 3 is 2.60 bits per heavy atom. The summed E-state index contributed by atoms with van der Waals surface area (Å²) in [6.07, 6.45) is 0. The van der Waals surface area contributed by atoms with E-state index in [1.165, 1.54) is 12.1 Å². The van der Waals surface area contributed by atoms with Crippen molar-refractivity contribution in [2.24, 2.45) is 5.84 Å². The fourth-order valence-corrected chi connectivity index (χ4v) is 1.50. The zero-order valence-corrected chi connectivity index (χ0v) is 11.3. The van der Waals surface area contributed by atoms with Crippen LogP contribution in [0.5, 0.6) is 0 Å². The molecule has 8 nitrogen and oxygen atoms in total. The molecule has 1 rings (SSSR count). The summed E-state index contributed by atoms with van der Waals surface area (Å²) in [6.45, 7) is 2.08. The Balaban J connectivity index is 2.41. The third-order valence-corrected chi connectivity index (χ3v) is 2.52. The lowest BCUT2D eigenvalue weighted by atomic mass is 10.1. The summed E-state index contributed by atoms with van der Waals surface area (Å²) in [5, 5.41) is 10.7. The molecule has 3 N–H and O–H groups in total. The summed E-state index contributed by atoms with van der Waals surface area (Å²) in [4.78, 5) is 10.3. The number of methoxy groups -OCH3 is 1. The Bertz CT molecular complexity index is 428. The number of nitrogens with one attached hydrogen (secondary N) is 1. The lowest BCUT2D eigenvalue weighted by molar-refractivity contribution is -0.384. The van der Waals surface area contributed by atoms with Gasteiger partial charge in [0.05, 0.1) is 43.6 Å². The van der Waals surface area contributed by atoms with E-state index >= 15 is 0 Å². The molecule has 0 bridgehead atoms. The number of hydrazine groups is 1. The van der Waals surface area contributed by atoms with Crippen LogP contribution in [0.1, 0.15) is 5.56 Å². The van der Waals surface area contributed by atoms with Crippen LogP contribution in [0.25, 0.3) is 0 Å². The van der Waals surface area contributed by atoms with Crippen LogP contribution in [-0.4, -0.2) is 38.5 Å². The van der Waals surface area contributed by atoms with Crippen molar-refractivity contribution < 1.29 is 19.1 Å². The molecule has 8 heteroatoms. The van der Waals surface area contributed by atoms with Gasteiger partial charge in [0.1, 0.15) is 0 Å². The number of nitrogens with two attached hydrogens (primary N) is 1. The number of nitrogen functional groups attached to an aromatic ring is 1. The number of nitrogens with zero attached hydrogens (tertiary/aromatic N) is 1. The van der Waals surface area contributed by atoms with E-state index in [0.29, 0.717) is 37.7 Å². The molecule has 0 amide bonds. The van der Waals surface area contributed by atoms with Gasteiger partial charge in [0.15, 0.2) is 0 Å². The van der Waals surface area contributed by atoms with E-state index in [2.05, 4.69) is 5.43 Å². The fourth-order valence-electron chi connectivity index (χ4n) is 1.50. The van der Waals surface area contributed by atoms with Crippen molar-refractivity contribution in [2.45, 2.75) is 6.61 Å². The molecule has 1 aromatic rings. The number of anilines is 1. The van der Waals surface area contributed by atoms with Gasteiger partial charge in [-0.2, -0.15) is 0 Å². The Morgan fingerprint density at radius 2 is 1.95 bits per heavy atom. The highest BCUT2D eigenvalue weighted by atomic mass is 16.6. The second-order valence-electron chi connectivity index (χ2n) is 3.90. The number of hydrogen-bond donors (Lipinski definition) is 2. The Morgan fingerprint density at radius 1 is 1.25 bits per heavy atom. The average Bonchev–Trinajstić information content (AvgIpc) is 2.46. The van der Waals surface area contributed by atoms with Gasteiger partial charge in [-0.1, -0.05) is 0 Å². The molecule has 1 aromatic carbocycles. The van der Waals surface area contributed by atoms with E-state index in [-0.39, 0.29) is 12.3 Å². The number of nitro benzene ring substituents is 1. The lowest BCUT2D eigenvalue weighted by Crippen LogP contribution is -2.12. The third-order valence-electron chi connectivity index (χ3n) is 2.52. The maximum absolute atomic E-state index is 10.7. The number of nitro groups is 1. The molecular weight excluding hydrogens is 266 g/mol. The van der Waals surface area contributed by atoms with E-state index in [4.69, 9.17) is 20.1 Å². The van der Waals surface area contributed by atoms with Gasteiger partial charge in [-0.15, -0.1) is 0 Å². The Hall–Kier alpha value is -1.74. The largest absolute Gasteiger partial charge is 0.382 e. The van der Waals surface area contributed by atoms with Crippen molar-refractivity contribution in [1.29, 1.82) is 0 Å². The summed E-state index contributed by atoms with van der Waals surface area (Å²) in [5.74, 6) is 5.35. The maximum Gasteiger partial charge on any atom is 0.269 e. The highest BCUT2D eigenvalue weighted by Crippen LogP contribution is 2.22. The minimum atomic E-state index is -0.461. The van der Waals surface area contributed by atoms with Crippen LogP contribution in [0, 0.1) is 10.1 Å². The Labute approximate surface area is 116 Å².